The Hall–Kier alpha value is 0.100. The van der Waals surface area contributed by atoms with E-state index in [0.717, 1.165) is 12.8 Å². The van der Waals surface area contributed by atoms with Gasteiger partial charge in [-0.2, -0.15) is 9.90 Å². The zero-order valence-corrected chi connectivity index (χ0v) is 6.44. The van der Waals surface area contributed by atoms with Crippen molar-refractivity contribution in [2.45, 2.75) is 26.7 Å². The second-order valence-electron chi connectivity index (χ2n) is 1.45. The molecule has 0 rings (SSSR count). The van der Waals surface area contributed by atoms with Crippen LogP contribution in [0, 0.1) is 0 Å². The van der Waals surface area contributed by atoms with Gasteiger partial charge in [-0.15, -0.1) is 0 Å². The van der Waals surface area contributed by atoms with Crippen molar-refractivity contribution >= 4 is 15.7 Å². The summed E-state index contributed by atoms with van der Waals surface area (Å²) in [7, 11) is 0. The minimum atomic E-state index is 0. The summed E-state index contributed by atoms with van der Waals surface area (Å²) in [6, 6.07) is 0. The van der Waals surface area contributed by atoms with Crippen molar-refractivity contribution in [3.63, 3.8) is 0 Å². The molecule has 0 radical (unpaired) electrons. The van der Waals surface area contributed by atoms with E-state index in [1.54, 1.807) is 6.92 Å². The lowest BCUT2D eigenvalue weighted by Gasteiger charge is -1.80. The molecule has 1 nitrogen and oxygen atoms in total. The van der Waals surface area contributed by atoms with E-state index in [1.807, 2.05) is 6.92 Å². The van der Waals surface area contributed by atoms with E-state index in [2.05, 4.69) is 0 Å². The summed E-state index contributed by atoms with van der Waals surface area (Å²) < 4.78 is 0. The van der Waals surface area contributed by atoms with Crippen molar-refractivity contribution in [1.29, 1.82) is 0 Å². The molecule has 0 aliphatic rings. The summed E-state index contributed by atoms with van der Waals surface area (Å²) >= 11 is 0. The molecule has 0 bridgehead atoms. The van der Waals surface area contributed by atoms with Crippen molar-refractivity contribution in [1.82, 2.24) is 0 Å². The number of hydrogen-bond donors (Lipinski definition) is 0. The second kappa shape index (κ2) is 6.10. The van der Waals surface area contributed by atoms with Crippen LogP contribution in [0.15, 0.2) is 0 Å². The van der Waals surface area contributed by atoms with Gasteiger partial charge in [-0.05, 0) is 13.3 Å². The second-order valence-corrected chi connectivity index (χ2v) is 1.45. The average Bonchev–Trinajstić information content (AvgIpc) is 1.35. The highest BCUT2D eigenvalue weighted by molar-refractivity contribution is 6.92. The van der Waals surface area contributed by atoms with Gasteiger partial charge in [0.15, 0.2) is 0 Å². The van der Waals surface area contributed by atoms with Crippen LogP contribution in [0.1, 0.15) is 26.7 Å². The third-order valence-electron chi connectivity index (χ3n) is 0.602. The zero-order valence-electron chi connectivity index (χ0n) is 5.03. The molecule has 0 N–H and O–H groups in total. The number of carbonyl (C=O) groups excluding carboxylic acids is 1. The van der Waals surface area contributed by atoms with E-state index in [0.29, 0.717) is 0 Å². The SMILES string of the molecule is CCCC(C)=O.P. The van der Waals surface area contributed by atoms with E-state index in [4.69, 9.17) is 0 Å². The van der Waals surface area contributed by atoms with E-state index in [9.17, 15) is 4.79 Å². The third kappa shape index (κ3) is 10.7. The Morgan fingerprint density at radius 2 is 2.00 bits per heavy atom. The summed E-state index contributed by atoms with van der Waals surface area (Å²) in [5.41, 5.74) is 0. The van der Waals surface area contributed by atoms with Crippen LogP contribution in [0.5, 0.6) is 0 Å². The van der Waals surface area contributed by atoms with Gasteiger partial charge < -0.3 is 4.79 Å². The van der Waals surface area contributed by atoms with E-state index >= 15 is 0 Å². The number of hydrogen-bond acceptors (Lipinski definition) is 1. The lowest BCUT2D eigenvalue weighted by molar-refractivity contribution is -0.117. The van der Waals surface area contributed by atoms with Crippen LogP contribution in [0.4, 0.5) is 0 Å². The maximum absolute atomic E-state index is 10.0. The average molecular weight is 120 g/mol. The molecule has 0 aromatic rings. The monoisotopic (exact) mass is 120 g/mol. The van der Waals surface area contributed by atoms with E-state index in [1.165, 1.54) is 0 Å². The van der Waals surface area contributed by atoms with Gasteiger partial charge in [0.25, 0.3) is 0 Å². The minimum absolute atomic E-state index is 0. The Kier molecular flexibility index (Phi) is 8.85. The summed E-state index contributed by atoms with van der Waals surface area (Å²) in [6.45, 7) is 3.62. The summed E-state index contributed by atoms with van der Waals surface area (Å²) in [5.74, 6) is 0.289. The highest BCUT2D eigenvalue weighted by Crippen LogP contribution is 1.84. The summed E-state index contributed by atoms with van der Waals surface area (Å²) in [4.78, 5) is 10.0. The molecule has 0 saturated carbocycles. The molecule has 7 heavy (non-hydrogen) atoms. The quantitative estimate of drug-likeness (QED) is 0.504. The van der Waals surface area contributed by atoms with Crippen molar-refractivity contribution in [2.75, 3.05) is 0 Å². The maximum atomic E-state index is 10.0. The molecule has 0 aliphatic carbocycles. The smallest absolute Gasteiger partial charge is 0.129 e. The van der Waals surface area contributed by atoms with Crippen LogP contribution < -0.4 is 0 Å². The predicted molar refractivity (Wildman–Crippen MR) is 36.7 cm³/mol. The van der Waals surface area contributed by atoms with Gasteiger partial charge in [0.05, 0.1) is 0 Å². The van der Waals surface area contributed by atoms with Crippen LogP contribution in [-0.4, -0.2) is 5.78 Å². The van der Waals surface area contributed by atoms with Crippen LogP contribution in [0.2, 0.25) is 0 Å². The fraction of sp³-hybridized carbons (Fsp3) is 0.800. The molecule has 0 aromatic heterocycles. The maximum Gasteiger partial charge on any atom is 0.129 e. The number of carbonyl (C=O) groups is 1. The highest BCUT2D eigenvalue weighted by atomic mass is 31.0. The van der Waals surface area contributed by atoms with E-state index < -0.39 is 0 Å². The van der Waals surface area contributed by atoms with Crippen LogP contribution >= 0.6 is 9.90 Å². The first kappa shape index (κ1) is 10.2. The molecule has 0 fully saturated rings. The minimum Gasteiger partial charge on any atom is -0.300 e. The Labute approximate surface area is 48.1 Å². The molecule has 0 heterocycles. The molecule has 0 spiro atoms. The molecular formula is C5H13OP. The summed E-state index contributed by atoms with van der Waals surface area (Å²) in [5, 5.41) is 0. The van der Waals surface area contributed by atoms with Crippen molar-refractivity contribution < 1.29 is 4.79 Å². The van der Waals surface area contributed by atoms with Gasteiger partial charge in [0.1, 0.15) is 5.78 Å². The summed E-state index contributed by atoms with van der Waals surface area (Å²) in [6.07, 6.45) is 1.72. The van der Waals surface area contributed by atoms with Crippen LogP contribution in [0.25, 0.3) is 0 Å². The molecule has 44 valence electrons. The van der Waals surface area contributed by atoms with Gasteiger partial charge in [0, 0.05) is 6.42 Å². The Morgan fingerprint density at radius 1 is 1.57 bits per heavy atom. The fourth-order valence-corrected chi connectivity index (χ4v) is 0.352. The van der Waals surface area contributed by atoms with Gasteiger partial charge in [-0.25, -0.2) is 0 Å². The normalized spacial score (nSPS) is 7.14. The molecule has 0 aromatic carbocycles. The third-order valence-corrected chi connectivity index (χ3v) is 0.602. The number of Topliss-reactive ketones (excluding diaryl/α,β-unsaturated/α-hetero) is 1. The molecule has 1 atom stereocenters. The predicted octanol–water partition coefficient (Wildman–Crippen LogP) is 1.43. The molecule has 0 amide bonds. The topological polar surface area (TPSA) is 17.1 Å². The standard InChI is InChI=1S/C5H10O.H3P/c1-3-4-5(2)6;/h3-4H2,1-2H3;1H3. The Morgan fingerprint density at radius 3 is 2.00 bits per heavy atom. The first-order chi connectivity index (χ1) is 2.77. The number of rotatable bonds is 2. The lowest BCUT2D eigenvalue weighted by Crippen LogP contribution is -1.84. The van der Waals surface area contributed by atoms with Gasteiger partial charge >= 0.3 is 0 Å². The van der Waals surface area contributed by atoms with Crippen molar-refractivity contribution in [3.8, 4) is 0 Å². The highest BCUT2D eigenvalue weighted by Gasteiger charge is 1.83. The lowest BCUT2D eigenvalue weighted by atomic mass is 10.3. The van der Waals surface area contributed by atoms with Crippen LogP contribution in [0.3, 0.4) is 0 Å². The Bertz CT molecular complexity index is 52.0. The van der Waals surface area contributed by atoms with Crippen LogP contribution in [-0.2, 0) is 4.79 Å². The van der Waals surface area contributed by atoms with Gasteiger partial charge in [0.2, 0.25) is 0 Å². The molecule has 0 saturated heterocycles. The fourth-order valence-electron chi connectivity index (χ4n) is 0.352. The van der Waals surface area contributed by atoms with Crippen molar-refractivity contribution in [3.05, 3.63) is 0 Å². The number of ketones is 1. The largest absolute Gasteiger partial charge is 0.300 e. The molecule has 0 aliphatic heterocycles. The zero-order chi connectivity index (χ0) is 4.99. The van der Waals surface area contributed by atoms with Gasteiger partial charge in [-0.3, -0.25) is 0 Å². The van der Waals surface area contributed by atoms with Crippen molar-refractivity contribution in [2.24, 2.45) is 0 Å². The molecule has 2 heteroatoms. The first-order valence-electron chi connectivity index (χ1n) is 2.26. The molecule has 1 unspecified atom stereocenters. The molecular weight excluding hydrogens is 107 g/mol. The van der Waals surface area contributed by atoms with Gasteiger partial charge in [-0.1, -0.05) is 6.92 Å². The van der Waals surface area contributed by atoms with E-state index in [-0.39, 0.29) is 15.7 Å². The Balaban J connectivity index is 0. The first-order valence-corrected chi connectivity index (χ1v) is 2.26.